The summed E-state index contributed by atoms with van der Waals surface area (Å²) in [6.45, 7) is -0.352. The maximum atomic E-state index is 12.2. The van der Waals surface area contributed by atoms with Crippen LogP contribution in [0.3, 0.4) is 0 Å². The molecule has 2 N–H and O–H groups in total. The summed E-state index contributed by atoms with van der Waals surface area (Å²) in [4.78, 5) is 14.1. The van der Waals surface area contributed by atoms with E-state index in [4.69, 9.17) is 9.47 Å². The number of carbonyl (C=O) groups excluding carboxylic acids is 1. The quantitative estimate of drug-likeness (QED) is 0.555. The number of benzene rings is 3. The van der Waals surface area contributed by atoms with Crippen molar-refractivity contribution in [2.45, 2.75) is 4.90 Å². The summed E-state index contributed by atoms with van der Waals surface area (Å²) >= 11 is 0. The average molecular weight is 412 g/mol. The van der Waals surface area contributed by atoms with E-state index in [-0.39, 0.29) is 11.5 Å². The van der Waals surface area contributed by atoms with Gasteiger partial charge in [0.25, 0.3) is 15.9 Å². The van der Waals surface area contributed by atoms with Crippen molar-refractivity contribution in [2.75, 3.05) is 13.7 Å². The van der Waals surface area contributed by atoms with E-state index in [1.54, 1.807) is 12.1 Å². The third-order valence-corrected chi connectivity index (χ3v) is 5.29. The van der Waals surface area contributed by atoms with Gasteiger partial charge in [0, 0.05) is 5.56 Å². The van der Waals surface area contributed by atoms with Crippen LogP contribution in [0, 0.1) is 0 Å². The third-order valence-electron chi connectivity index (χ3n) is 4.03. The number of para-hydroxylation sites is 1. The highest BCUT2D eigenvalue weighted by Crippen LogP contribution is 2.29. The van der Waals surface area contributed by atoms with Crippen LogP contribution >= 0.6 is 0 Å². The summed E-state index contributed by atoms with van der Waals surface area (Å²) in [5.74, 6) is 0.412. The van der Waals surface area contributed by atoms with E-state index >= 15 is 0 Å². The molecule has 0 aliphatic carbocycles. The molecule has 8 heteroatoms. The predicted molar refractivity (Wildman–Crippen MR) is 109 cm³/mol. The second kappa shape index (κ2) is 9.22. The summed E-state index contributed by atoms with van der Waals surface area (Å²) in [6, 6.07) is 22.7. The zero-order valence-electron chi connectivity index (χ0n) is 15.7. The van der Waals surface area contributed by atoms with Crippen LogP contribution in [0.25, 0.3) is 11.1 Å². The van der Waals surface area contributed by atoms with Gasteiger partial charge in [-0.3, -0.25) is 10.2 Å². The summed E-state index contributed by atoms with van der Waals surface area (Å²) in [7, 11) is -2.42. The molecule has 3 rings (SSSR count). The second-order valence-electron chi connectivity index (χ2n) is 5.98. The molecule has 7 nitrogen and oxygen atoms in total. The standard InChI is InChI=1S/C21H20N2O5S/c1-27-17-11-13-18(14-12-17)29(25,26)23-22-21(24)15-28-20-10-6-5-9-19(20)16-7-3-2-4-8-16/h2-14,23H,15H2,1H3,(H,22,24). The fraction of sp³-hybridized carbons (Fsp3) is 0.0952. The molecule has 0 unspecified atom stereocenters. The first-order valence-corrected chi connectivity index (χ1v) is 10.2. The van der Waals surface area contributed by atoms with Crippen LogP contribution in [0.5, 0.6) is 11.5 Å². The van der Waals surface area contributed by atoms with Crippen molar-refractivity contribution in [3.05, 3.63) is 78.9 Å². The molecule has 0 heterocycles. The zero-order chi connectivity index (χ0) is 20.7. The zero-order valence-corrected chi connectivity index (χ0v) is 16.5. The molecular formula is C21H20N2O5S. The highest BCUT2D eigenvalue weighted by Gasteiger charge is 2.16. The first kappa shape index (κ1) is 20.4. The van der Waals surface area contributed by atoms with E-state index in [1.165, 1.54) is 31.4 Å². The van der Waals surface area contributed by atoms with E-state index in [9.17, 15) is 13.2 Å². The summed E-state index contributed by atoms with van der Waals surface area (Å²) in [5.41, 5.74) is 3.93. The minimum atomic E-state index is -3.91. The van der Waals surface area contributed by atoms with Crippen molar-refractivity contribution >= 4 is 15.9 Å². The van der Waals surface area contributed by atoms with Crippen LogP contribution in [-0.4, -0.2) is 28.0 Å². The largest absolute Gasteiger partial charge is 0.497 e. The summed E-state index contributed by atoms with van der Waals surface area (Å²) < 4.78 is 35.1. The molecule has 0 saturated heterocycles. The van der Waals surface area contributed by atoms with Gasteiger partial charge in [0.15, 0.2) is 6.61 Å². The number of sulfonamides is 1. The van der Waals surface area contributed by atoms with E-state index in [1.807, 2.05) is 47.3 Å². The van der Waals surface area contributed by atoms with Gasteiger partial charge in [-0.05, 0) is 35.9 Å². The molecule has 3 aromatic carbocycles. The van der Waals surface area contributed by atoms with E-state index in [0.717, 1.165) is 11.1 Å². The SMILES string of the molecule is COc1ccc(S(=O)(=O)NNC(=O)COc2ccccc2-c2ccccc2)cc1. The van der Waals surface area contributed by atoms with Gasteiger partial charge >= 0.3 is 0 Å². The number of rotatable bonds is 8. The average Bonchev–Trinajstić information content (AvgIpc) is 2.77. The molecule has 0 spiro atoms. The molecule has 0 fully saturated rings. The van der Waals surface area contributed by atoms with Crippen molar-refractivity contribution in [3.63, 3.8) is 0 Å². The lowest BCUT2D eigenvalue weighted by Crippen LogP contribution is -2.43. The fourth-order valence-corrected chi connectivity index (χ4v) is 3.43. The minimum absolute atomic E-state index is 0.00561. The fourth-order valence-electron chi connectivity index (χ4n) is 2.57. The monoisotopic (exact) mass is 412 g/mol. The number of hydrogen-bond acceptors (Lipinski definition) is 5. The van der Waals surface area contributed by atoms with Gasteiger partial charge in [-0.25, -0.2) is 8.42 Å². The number of nitrogens with one attached hydrogen (secondary N) is 2. The Labute approximate surface area is 169 Å². The molecule has 29 heavy (non-hydrogen) atoms. The molecule has 0 aromatic heterocycles. The topological polar surface area (TPSA) is 93.7 Å². The summed E-state index contributed by atoms with van der Waals surface area (Å²) in [5, 5.41) is 0. The molecule has 0 aliphatic rings. The van der Waals surface area contributed by atoms with Gasteiger partial charge in [-0.1, -0.05) is 48.5 Å². The molecule has 1 amide bonds. The molecule has 150 valence electrons. The predicted octanol–water partition coefficient (Wildman–Crippen LogP) is 2.75. The van der Waals surface area contributed by atoms with Crippen LogP contribution < -0.4 is 19.7 Å². The van der Waals surface area contributed by atoms with Crippen LogP contribution in [-0.2, 0) is 14.8 Å². The lowest BCUT2D eigenvalue weighted by atomic mass is 10.1. The van der Waals surface area contributed by atoms with Crippen LogP contribution in [0.1, 0.15) is 0 Å². The van der Waals surface area contributed by atoms with Gasteiger partial charge < -0.3 is 9.47 Å². The molecule has 0 radical (unpaired) electrons. The highest BCUT2D eigenvalue weighted by atomic mass is 32.2. The Morgan fingerprint density at radius 1 is 0.897 bits per heavy atom. The Morgan fingerprint density at radius 3 is 2.24 bits per heavy atom. The molecule has 3 aromatic rings. The van der Waals surface area contributed by atoms with Crippen molar-refractivity contribution in [3.8, 4) is 22.6 Å². The van der Waals surface area contributed by atoms with Crippen molar-refractivity contribution in [1.29, 1.82) is 0 Å². The van der Waals surface area contributed by atoms with Crippen LogP contribution in [0.15, 0.2) is 83.8 Å². The maximum absolute atomic E-state index is 12.2. The van der Waals surface area contributed by atoms with Gasteiger partial charge in [0.2, 0.25) is 0 Å². The Bertz CT molecular complexity index is 1070. The molecular weight excluding hydrogens is 392 g/mol. The number of ether oxygens (including phenoxy) is 2. The van der Waals surface area contributed by atoms with E-state index < -0.39 is 15.9 Å². The lowest BCUT2D eigenvalue weighted by Gasteiger charge is -2.12. The van der Waals surface area contributed by atoms with E-state index in [0.29, 0.717) is 11.5 Å². The molecule has 0 bridgehead atoms. The van der Waals surface area contributed by atoms with Crippen molar-refractivity contribution < 1.29 is 22.7 Å². The smallest absolute Gasteiger partial charge is 0.272 e. The summed E-state index contributed by atoms with van der Waals surface area (Å²) in [6.07, 6.45) is 0. The highest BCUT2D eigenvalue weighted by molar-refractivity contribution is 7.89. The molecule has 0 aliphatic heterocycles. The number of hydrogen-bond donors (Lipinski definition) is 2. The molecule has 0 saturated carbocycles. The first-order chi connectivity index (χ1) is 14.0. The van der Waals surface area contributed by atoms with Gasteiger partial charge in [0.05, 0.1) is 12.0 Å². The number of hydrazine groups is 1. The van der Waals surface area contributed by atoms with Crippen molar-refractivity contribution in [1.82, 2.24) is 10.3 Å². The van der Waals surface area contributed by atoms with Crippen molar-refractivity contribution in [2.24, 2.45) is 0 Å². The Morgan fingerprint density at radius 2 is 1.55 bits per heavy atom. The Hall–Kier alpha value is -3.36. The second-order valence-corrected chi connectivity index (χ2v) is 7.66. The van der Waals surface area contributed by atoms with Gasteiger partial charge in [0.1, 0.15) is 11.5 Å². The Balaban J connectivity index is 1.59. The third kappa shape index (κ3) is 5.34. The van der Waals surface area contributed by atoms with Crippen LogP contribution in [0.4, 0.5) is 0 Å². The Kier molecular flexibility index (Phi) is 6.48. The maximum Gasteiger partial charge on any atom is 0.272 e. The lowest BCUT2D eigenvalue weighted by molar-refractivity contribution is -0.123. The number of amides is 1. The van der Waals surface area contributed by atoms with Gasteiger partial charge in [-0.15, -0.1) is 4.83 Å². The minimum Gasteiger partial charge on any atom is -0.497 e. The normalized spacial score (nSPS) is 10.9. The van der Waals surface area contributed by atoms with Gasteiger partial charge in [-0.2, -0.15) is 0 Å². The van der Waals surface area contributed by atoms with E-state index in [2.05, 4.69) is 5.43 Å². The first-order valence-electron chi connectivity index (χ1n) is 8.71. The molecule has 0 atom stereocenters. The van der Waals surface area contributed by atoms with Crippen LogP contribution in [0.2, 0.25) is 0 Å². The number of methoxy groups -OCH3 is 1. The number of carbonyl (C=O) groups is 1.